The first-order valence-corrected chi connectivity index (χ1v) is 18.0. The van der Waals surface area contributed by atoms with Gasteiger partial charge in [0, 0.05) is 17.2 Å². The van der Waals surface area contributed by atoms with Crippen LogP contribution < -0.4 is 21.5 Å². The summed E-state index contributed by atoms with van der Waals surface area (Å²) in [6, 6.07) is 8.86. The number of nitrogens with zero attached hydrogens (tertiary/aromatic N) is 1. The van der Waals surface area contributed by atoms with Crippen LogP contribution in [-0.2, 0) is 19.1 Å². The van der Waals surface area contributed by atoms with Crippen LogP contribution in [0.3, 0.4) is 0 Å². The van der Waals surface area contributed by atoms with Gasteiger partial charge in [0.1, 0.15) is 6.17 Å². The van der Waals surface area contributed by atoms with E-state index in [1.54, 1.807) is 25.7 Å². The second-order valence-corrected chi connectivity index (χ2v) is 19.4. The number of hydrogen-bond acceptors (Lipinski definition) is 7. The van der Waals surface area contributed by atoms with E-state index in [0.29, 0.717) is 6.54 Å². The second kappa shape index (κ2) is 11.4. The molecule has 3 aliphatic rings. The first kappa shape index (κ1) is 31.1. The summed E-state index contributed by atoms with van der Waals surface area (Å²) >= 11 is 0. The van der Waals surface area contributed by atoms with Gasteiger partial charge in [-0.2, -0.15) is 0 Å². The summed E-state index contributed by atoms with van der Waals surface area (Å²) in [5, 5.41) is 6.14. The molecule has 41 heavy (non-hydrogen) atoms. The molecule has 2 atom stereocenters. The number of ether oxygens (including phenoxy) is 2. The lowest BCUT2D eigenvalue weighted by Crippen LogP contribution is -2.60. The predicted octanol–water partition coefficient (Wildman–Crippen LogP) is 4.16. The van der Waals surface area contributed by atoms with Gasteiger partial charge in [-0.25, -0.2) is 10.2 Å². The summed E-state index contributed by atoms with van der Waals surface area (Å²) in [7, 11) is -1.72. The van der Waals surface area contributed by atoms with Crippen molar-refractivity contribution >= 4 is 26.0 Å². The van der Waals surface area contributed by atoms with Crippen LogP contribution in [0.5, 0.6) is 0 Å². The van der Waals surface area contributed by atoms with Gasteiger partial charge in [-0.1, -0.05) is 56.4 Å². The Kier molecular flexibility index (Phi) is 8.64. The third-order valence-electron chi connectivity index (χ3n) is 8.89. The highest BCUT2D eigenvalue weighted by atomic mass is 28.3. The zero-order valence-corrected chi connectivity index (χ0v) is 26.8. The molecule has 0 aromatic heterocycles. The molecule has 1 unspecified atom stereocenters. The minimum Gasteiger partial charge on any atom is -0.438 e. The van der Waals surface area contributed by atoms with Gasteiger partial charge in [-0.15, -0.1) is 0 Å². The van der Waals surface area contributed by atoms with E-state index in [1.165, 1.54) is 0 Å². The normalized spacial score (nSPS) is 21.9. The Bertz CT molecular complexity index is 1180. The van der Waals surface area contributed by atoms with E-state index in [-0.39, 0.29) is 42.5 Å². The topological polar surface area (TPSA) is 121 Å². The van der Waals surface area contributed by atoms with Crippen molar-refractivity contribution in [3.05, 3.63) is 47.2 Å². The van der Waals surface area contributed by atoms with Crippen LogP contribution in [0.2, 0.25) is 24.7 Å². The lowest BCUT2D eigenvalue weighted by molar-refractivity contribution is -0.166. The zero-order chi connectivity index (χ0) is 30.2. The number of carbonyl (C=O) groups excluding carboxylic acids is 3. The van der Waals surface area contributed by atoms with Crippen molar-refractivity contribution in [3.63, 3.8) is 0 Å². The number of hydrazine groups is 1. The van der Waals surface area contributed by atoms with Crippen LogP contribution in [0, 0.1) is 5.41 Å². The molecule has 3 amide bonds. The molecule has 0 spiro atoms. The van der Waals surface area contributed by atoms with Gasteiger partial charge in [0.2, 0.25) is 5.91 Å². The third kappa shape index (κ3) is 6.17. The third-order valence-corrected chi connectivity index (χ3v) is 12.5. The first-order chi connectivity index (χ1) is 19.1. The van der Waals surface area contributed by atoms with Crippen molar-refractivity contribution in [2.24, 2.45) is 5.41 Å². The molecule has 11 heteroatoms. The average molecular weight is 586 g/mol. The van der Waals surface area contributed by atoms with Gasteiger partial charge >= 0.3 is 12.0 Å². The van der Waals surface area contributed by atoms with Crippen molar-refractivity contribution in [1.82, 2.24) is 26.4 Å². The zero-order valence-electron chi connectivity index (χ0n) is 25.8. The van der Waals surface area contributed by atoms with Crippen LogP contribution in [0.1, 0.15) is 65.5 Å². The van der Waals surface area contributed by atoms with Crippen LogP contribution in [-0.4, -0.2) is 62.5 Å². The SMILES string of the molecule is CC(C)(C)C(=O)OCOC[C@@H](NC(=O)N1CC2=C(NNC2NC(=O)C2([Si](C)(C)C)CCC2)C1(C)C)c1ccccc1. The number of amides is 3. The Morgan fingerprint density at radius 2 is 1.78 bits per heavy atom. The molecule has 1 aliphatic carbocycles. The highest BCUT2D eigenvalue weighted by molar-refractivity contribution is 6.82. The summed E-state index contributed by atoms with van der Waals surface area (Å²) in [5.41, 5.74) is 7.97. The molecule has 4 rings (SSSR count). The van der Waals surface area contributed by atoms with Crippen LogP contribution >= 0.6 is 0 Å². The summed E-state index contributed by atoms with van der Waals surface area (Å²) in [6.07, 6.45) is 2.60. The highest BCUT2D eigenvalue weighted by Crippen LogP contribution is 2.55. The smallest absolute Gasteiger partial charge is 0.319 e. The van der Waals surface area contributed by atoms with Crippen molar-refractivity contribution in [2.75, 3.05) is 19.9 Å². The fourth-order valence-corrected chi connectivity index (χ4v) is 8.46. The second-order valence-electron chi connectivity index (χ2n) is 14.0. The Morgan fingerprint density at radius 3 is 2.34 bits per heavy atom. The van der Waals surface area contributed by atoms with Gasteiger partial charge in [-0.05, 0) is 53.0 Å². The lowest BCUT2D eigenvalue weighted by atomic mass is 9.83. The number of hydrogen-bond donors (Lipinski definition) is 4. The molecule has 0 radical (unpaired) electrons. The van der Waals surface area contributed by atoms with Gasteiger partial charge in [0.05, 0.1) is 37.4 Å². The van der Waals surface area contributed by atoms with Gasteiger partial charge in [0.15, 0.2) is 6.79 Å². The minimum absolute atomic E-state index is 0.116. The quantitative estimate of drug-likeness (QED) is 0.149. The van der Waals surface area contributed by atoms with E-state index >= 15 is 0 Å². The molecular formula is C30H47N5O5Si. The van der Waals surface area contributed by atoms with Gasteiger partial charge in [0.25, 0.3) is 0 Å². The summed E-state index contributed by atoms with van der Waals surface area (Å²) < 4.78 is 10.9. The van der Waals surface area contributed by atoms with E-state index in [1.807, 2.05) is 44.2 Å². The molecule has 0 bridgehead atoms. The molecule has 1 aromatic carbocycles. The fourth-order valence-electron chi connectivity index (χ4n) is 5.85. The Morgan fingerprint density at radius 1 is 1.12 bits per heavy atom. The standard InChI is InChI=1S/C30H47N5O5Si/c1-28(2,3)26(37)40-19-39-18-22(20-13-10-9-11-14-20)31-27(38)35-17-21-23(29(35,4)5)33-34-24(21)32-25(36)30(15-12-16-30)41(6,7)8/h9-11,13-14,22,24,33-34H,12,15-19H2,1-8H3,(H,31,38)(H,32,36)/t22-,24?/m1/s1. The van der Waals surface area contributed by atoms with E-state index in [4.69, 9.17) is 9.47 Å². The number of benzene rings is 1. The molecule has 1 aromatic rings. The highest BCUT2D eigenvalue weighted by Gasteiger charge is 2.55. The van der Waals surface area contributed by atoms with E-state index < -0.39 is 25.1 Å². The average Bonchev–Trinajstić information content (AvgIpc) is 3.36. The lowest BCUT2D eigenvalue weighted by Gasteiger charge is -2.49. The minimum atomic E-state index is -1.72. The fraction of sp³-hybridized carbons (Fsp3) is 0.633. The van der Waals surface area contributed by atoms with Crippen molar-refractivity contribution in [2.45, 2.75) is 96.3 Å². The summed E-state index contributed by atoms with van der Waals surface area (Å²) in [6.45, 7) is 16.4. The molecule has 226 valence electrons. The van der Waals surface area contributed by atoms with Crippen molar-refractivity contribution < 1.29 is 23.9 Å². The molecule has 10 nitrogen and oxygen atoms in total. The molecule has 2 heterocycles. The maximum atomic E-state index is 13.7. The summed E-state index contributed by atoms with van der Waals surface area (Å²) in [5.74, 6) is -0.238. The van der Waals surface area contributed by atoms with Crippen LogP contribution in [0.25, 0.3) is 0 Å². The van der Waals surface area contributed by atoms with Crippen molar-refractivity contribution in [1.29, 1.82) is 0 Å². The molecular weight excluding hydrogens is 538 g/mol. The predicted molar refractivity (Wildman–Crippen MR) is 160 cm³/mol. The molecule has 1 saturated carbocycles. The van der Waals surface area contributed by atoms with Crippen LogP contribution in [0.4, 0.5) is 4.79 Å². The Hall–Kier alpha value is -2.89. The molecule has 4 N–H and O–H groups in total. The number of rotatable bonds is 9. The monoisotopic (exact) mass is 585 g/mol. The number of carbonyl (C=O) groups is 3. The van der Waals surface area contributed by atoms with Crippen LogP contribution in [0.15, 0.2) is 41.6 Å². The first-order valence-electron chi connectivity index (χ1n) is 14.5. The van der Waals surface area contributed by atoms with Crippen molar-refractivity contribution in [3.8, 4) is 0 Å². The summed E-state index contributed by atoms with van der Waals surface area (Å²) in [4.78, 5) is 41.1. The molecule has 1 fully saturated rings. The van der Waals surface area contributed by atoms with Gasteiger partial charge < -0.3 is 30.4 Å². The van der Waals surface area contributed by atoms with E-state index in [0.717, 1.165) is 36.1 Å². The maximum absolute atomic E-state index is 13.7. The maximum Gasteiger partial charge on any atom is 0.319 e. The van der Waals surface area contributed by atoms with Gasteiger partial charge in [-0.3, -0.25) is 9.59 Å². The molecule has 2 aliphatic heterocycles. The van der Waals surface area contributed by atoms with E-state index in [9.17, 15) is 14.4 Å². The van der Waals surface area contributed by atoms with E-state index in [2.05, 4.69) is 41.1 Å². The molecule has 0 saturated heterocycles. The number of nitrogens with one attached hydrogen (secondary N) is 4. The Balaban J connectivity index is 1.42. The Labute approximate surface area is 245 Å². The largest absolute Gasteiger partial charge is 0.438 e. The number of urea groups is 1. The number of esters is 1.